The highest BCUT2D eigenvalue weighted by Gasteiger charge is 2.42. The predicted octanol–water partition coefficient (Wildman–Crippen LogP) is 4.35. The van der Waals surface area contributed by atoms with Crippen LogP contribution in [-0.2, 0) is 16.0 Å². The van der Waals surface area contributed by atoms with Crippen molar-refractivity contribution >= 4 is 5.91 Å². The largest absolute Gasteiger partial charge is 0.375 e. The molecule has 1 unspecified atom stereocenters. The van der Waals surface area contributed by atoms with Gasteiger partial charge in [0.1, 0.15) is 5.82 Å². The summed E-state index contributed by atoms with van der Waals surface area (Å²) in [6, 6.07) is 6.91. The van der Waals surface area contributed by atoms with E-state index in [0.29, 0.717) is 11.8 Å². The zero-order valence-electron chi connectivity index (χ0n) is 15.6. The van der Waals surface area contributed by atoms with E-state index in [1.807, 2.05) is 12.1 Å². The van der Waals surface area contributed by atoms with Crippen LogP contribution >= 0.6 is 0 Å². The minimum atomic E-state index is -0.170. The van der Waals surface area contributed by atoms with Gasteiger partial charge >= 0.3 is 0 Å². The molecule has 1 aliphatic carbocycles. The molecule has 26 heavy (non-hydrogen) atoms. The van der Waals surface area contributed by atoms with Gasteiger partial charge in [-0.2, -0.15) is 0 Å². The normalized spacial score (nSPS) is 26.3. The summed E-state index contributed by atoms with van der Waals surface area (Å²) in [5, 5.41) is 0. The van der Waals surface area contributed by atoms with Crippen molar-refractivity contribution in [1.82, 2.24) is 4.90 Å². The molecule has 2 heterocycles. The fraction of sp³-hybridized carbons (Fsp3) is 0.682. The smallest absolute Gasteiger partial charge is 0.225 e. The van der Waals surface area contributed by atoms with E-state index in [9.17, 15) is 9.18 Å². The fourth-order valence-corrected chi connectivity index (χ4v) is 5.17. The van der Waals surface area contributed by atoms with E-state index in [-0.39, 0.29) is 17.3 Å². The zero-order valence-corrected chi connectivity index (χ0v) is 15.6. The van der Waals surface area contributed by atoms with Crippen LogP contribution < -0.4 is 0 Å². The van der Waals surface area contributed by atoms with Gasteiger partial charge in [0.15, 0.2) is 0 Å². The Labute approximate surface area is 155 Å². The number of carbonyl (C=O) groups excluding carboxylic acids is 1. The summed E-state index contributed by atoms with van der Waals surface area (Å²) < 4.78 is 19.4. The highest BCUT2D eigenvalue weighted by molar-refractivity contribution is 5.79. The molecule has 2 aliphatic heterocycles. The van der Waals surface area contributed by atoms with Crippen LogP contribution in [0.25, 0.3) is 0 Å². The van der Waals surface area contributed by atoms with Crippen LogP contribution in [0.1, 0.15) is 56.9 Å². The number of nitrogens with zero attached hydrogens (tertiary/aromatic N) is 1. The minimum Gasteiger partial charge on any atom is -0.375 e. The Morgan fingerprint density at radius 2 is 1.81 bits per heavy atom. The van der Waals surface area contributed by atoms with Crippen molar-refractivity contribution in [1.29, 1.82) is 0 Å². The molecule has 4 rings (SSSR count). The molecule has 1 atom stereocenters. The van der Waals surface area contributed by atoms with Crippen molar-refractivity contribution < 1.29 is 13.9 Å². The van der Waals surface area contributed by atoms with Crippen LogP contribution in [0.15, 0.2) is 24.3 Å². The van der Waals surface area contributed by atoms with E-state index in [1.165, 1.54) is 18.4 Å². The molecule has 4 heteroatoms. The molecule has 0 bridgehead atoms. The van der Waals surface area contributed by atoms with Crippen LogP contribution in [-0.4, -0.2) is 36.1 Å². The number of likely N-dealkylation sites (tertiary alicyclic amines) is 1. The summed E-state index contributed by atoms with van der Waals surface area (Å²) in [4.78, 5) is 14.8. The van der Waals surface area contributed by atoms with Crippen molar-refractivity contribution in [3.63, 3.8) is 0 Å². The maximum atomic E-state index is 13.1. The minimum absolute atomic E-state index is 0.0462. The van der Waals surface area contributed by atoms with E-state index >= 15 is 0 Å². The maximum absolute atomic E-state index is 13.1. The zero-order chi connectivity index (χ0) is 18.0. The number of rotatable bonds is 3. The van der Waals surface area contributed by atoms with Crippen LogP contribution in [0.3, 0.4) is 0 Å². The van der Waals surface area contributed by atoms with Gasteiger partial charge in [-0.3, -0.25) is 4.79 Å². The Hall–Kier alpha value is -1.42. The van der Waals surface area contributed by atoms with Crippen LogP contribution in [0, 0.1) is 17.7 Å². The maximum Gasteiger partial charge on any atom is 0.225 e. The summed E-state index contributed by atoms with van der Waals surface area (Å²) in [6.07, 6.45) is 9.64. The van der Waals surface area contributed by atoms with Crippen LogP contribution in [0.2, 0.25) is 0 Å². The van der Waals surface area contributed by atoms with Gasteiger partial charge in [0.05, 0.1) is 5.60 Å². The van der Waals surface area contributed by atoms with Crippen molar-refractivity contribution in [3.8, 4) is 0 Å². The van der Waals surface area contributed by atoms with E-state index < -0.39 is 0 Å². The monoisotopic (exact) mass is 359 g/mol. The standard InChI is InChI=1S/C22H30FNO2/c23-20-7-5-17(6-8-20)15-18-9-14-26-22(16-18)10-12-24(13-11-22)21(25)19-3-1-2-4-19/h5-8,18-19H,1-4,9-16H2. The number of hydrogen-bond acceptors (Lipinski definition) is 2. The first-order chi connectivity index (χ1) is 12.6. The third kappa shape index (κ3) is 3.95. The first-order valence-electron chi connectivity index (χ1n) is 10.3. The van der Waals surface area contributed by atoms with E-state index in [2.05, 4.69) is 4.90 Å². The average Bonchev–Trinajstić information content (AvgIpc) is 3.19. The number of carbonyl (C=O) groups is 1. The van der Waals surface area contributed by atoms with Gasteiger partial charge in [-0.25, -0.2) is 4.39 Å². The molecule has 1 spiro atoms. The lowest BCUT2D eigenvalue weighted by Crippen LogP contribution is -2.51. The lowest BCUT2D eigenvalue weighted by Gasteiger charge is -2.46. The molecule has 1 aromatic carbocycles. The summed E-state index contributed by atoms with van der Waals surface area (Å²) >= 11 is 0. The van der Waals surface area contributed by atoms with Gasteiger partial charge in [-0.1, -0.05) is 25.0 Å². The molecule has 3 nitrogen and oxygen atoms in total. The molecule has 3 fully saturated rings. The molecular formula is C22H30FNO2. The van der Waals surface area contributed by atoms with Gasteiger partial charge in [0.2, 0.25) is 5.91 Å². The van der Waals surface area contributed by atoms with Crippen LogP contribution in [0.4, 0.5) is 4.39 Å². The van der Waals surface area contributed by atoms with Crippen molar-refractivity contribution in [3.05, 3.63) is 35.6 Å². The van der Waals surface area contributed by atoms with Crippen molar-refractivity contribution in [2.24, 2.45) is 11.8 Å². The summed E-state index contributed by atoms with van der Waals surface area (Å²) in [5.74, 6) is 1.08. The quantitative estimate of drug-likeness (QED) is 0.803. The second-order valence-electron chi connectivity index (χ2n) is 8.53. The van der Waals surface area contributed by atoms with E-state index in [1.54, 1.807) is 12.1 Å². The molecule has 1 aromatic rings. The fourth-order valence-electron chi connectivity index (χ4n) is 5.17. The molecule has 3 aliphatic rings. The molecular weight excluding hydrogens is 329 g/mol. The Kier molecular flexibility index (Phi) is 5.30. The Bertz CT molecular complexity index is 616. The number of halogens is 1. The Morgan fingerprint density at radius 1 is 1.12 bits per heavy atom. The molecule has 1 saturated carbocycles. The third-order valence-electron chi connectivity index (χ3n) is 6.72. The van der Waals surface area contributed by atoms with E-state index in [4.69, 9.17) is 4.74 Å². The highest BCUT2D eigenvalue weighted by atomic mass is 19.1. The van der Waals surface area contributed by atoms with Gasteiger partial charge in [-0.15, -0.1) is 0 Å². The summed E-state index contributed by atoms with van der Waals surface area (Å²) in [7, 11) is 0. The Morgan fingerprint density at radius 3 is 2.50 bits per heavy atom. The van der Waals surface area contributed by atoms with Crippen molar-refractivity contribution in [2.75, 3.05) is 19.7 Å². The predicted molar refractivity (Wildman–Crippen MR) is 99.3 cm³/mol. The molecule has 0 aromatic heterocycles. The SMILES string of the molecule is O=C(C1CCCC1)N1CCC2(CC1)CC(Cc1ccc(F)cc1)CCO2. The molecule has 0 radical (unpaired) electrons. The number of piperidine rings is 1. The lowest BCUT2D eigenvalue weighted by molar-refractivity contribution is -0.150. The average molecular weight is 359 g/mol. The van der Waals surface area contributed by atoms with Crippen molar-refractivity contribution in [2.45, 2.75) is 63.4 Å². The second-order valence-corrected chi connectivity index (χ2v) is 8.53. The second kappa shape index (κ2) is 7.67. The number of hydrogen-bond donors (Lipinski definition) is 0. The van der Waals surface area contributed by atoms with Gasteiger partial charge in [-0.05, 0) is 68.6 Å². The molecule has 142 valence electrons. The van der Waals surface area contributed by atoms with Gasteiger partial charge < -0.3 is 9.64 Å². The topological polar surface area (TPSA) is 29.5 Å². The van der Waals surface area contributed by atoms with Gasteiger partial charge in [0.25, 0.3) is 0 Å². The van der Waals surface area contributed by atoms with E-state index in [0.717, 1.165) is 64.6 Å². The molecule has 2 saturated heterocycles. The van der Waals surface area contributed by atoms with Gasteiger partial charge in [0, 0.05) is 25.6 Å². The summed E-state index contributed by atoms with van der Waals surface area (Å²) in [6.45, 7) is 2.50. The highest BCUT2D eigenvalue weighted by Crippen LogP contribution is 2.39. The number of ether oxygens (including phenoxy) is 1. The number of amides is 1. The Balaban J connectivity index is 1.32. The molecule has 1 amide bonds. The summed E-state index contributed by atoms with van der Waals surface area (Å²) in [5.41, 5.74) is 1.16. The first-order valence-corrected chi connectivity index (χ1v) is 10.3. The lowest BCUT2D eigenvalue weighted by atomic mass is 9.77. The number of benzene rings is 1. The molecule has 0 N–H and O–H groups in total. The third-order valence-corrected chi connectivity index (χ3v) is 6.72. The van der Waals surface area contributed by atoms with Crippen LogP contribution in [0.5, 0.6) is 0 Å². The first kappa shape index (κ1) is 18.0.